The normalized spacial score (nSPS) is 12.5. The van der Waals surface area contributed by atoms with Crippen molar-refractivity contribution in [1.29, 1.82) is 0 Å². The first-order chi connectivity index (χ1) is 13.0. The molecular weight excluding hydrogens is 446 g/mol. The van der Waals surface area contributed by atoms with E-state index in [4.69, 9.17) is 23.2 Å². The summed E-state index contributed by atoms with van der Waals surface area (Å²) in [6.45, 7) is 1.95. The standard InChI is InChI=1S/C14H10Cl2F3N5O3S/c1-2-23-6-8(11(16)21-23)28(26,27)22-13(25)9-10(14(17,18)19)24-5-3-4-7(15)12(24)20-9/h3-6H,2H2,1H3,(H,22,25). The van der Waals surface area contributed by atoms with Crippen molar-refractivity contribution < 1.29 is 26.4 Å². The van der Waals surface area contributed by atoms with Gasteiger partial charge in [-0.1, -0.05) is 23.2 Å². The average Bonchev–Trinajstić information content (AvgIpc) is 3.16. The molecule has 1 N–H and O–H groups in total. The highest BCUT2D eigenvalue weighted by Gasteiger charge is 2.41. The second-order valence-electron chi connectivity index (χ2n) is 5.43. The Morgan fingerprint density at radius 2 is 2.00 bits per heavy atom. The van der Waals surface area contributed by atoms with Gasteiger partial charge < -0.3 is 0 Å². The lowest BCUT2D eigenvalue weighted by Crippen LogP contribution is -2.32. The number of carbonyl (C=O) groups is 1. The fourth-order valence-electron chi connectivity index (χ4n) is 2.41. The van der Waals surface area contributed by atoms with E-state index in [1.165, 1.54) is 21.5 Å². The van der Waals surface area contributed by atoms with Gasteiger partial charge in [0.1, 0.15) is 4.90 Å². The van der Waals surface area contributed by atoms with Crippen LogP contribution < -0.4 is 4.72 Å². The Balaban J connectivity index is 2.09. The van der Waals surface area contributed by atoms with Gasteiger partial charge in [-0.15, -0.1) is 0 Å². The third-order valence-electron chi connectivity index (χ3n) is 3.61. The van der Waals surface area contributed by atoms with Crippen molar-refractivity contribution in [2.75, 3.05) is 0 Å². The predicted octanol–water partition coefficient (Wildman–Crippen LogP) is 3.00. The molecule has 3 aromatic heterocycles. The lowest BCUT2D eigenvalue weighted by atomic mass is 10.3. The van der Waals surface area contributed by atoms with E-state index >= 15 is 0 Å². The first kappa shape index (κ1) is 20.4. The molecule has 0 radical (unpaired) electrons. The molecule has 8 nitrogen and oxygen atoms in total. The van der Waals surface area contributed by atoms with Crippen molar-refractivity contribution in [3.63, 3.8) is 0 Å². The fourth-order valence-corrected chi connectivity index (χ4v) is 4.04. The molecule has 0 aliphatic heterocycles. The van der Waals surface area contributed by atoms with E-state index in [2.05, 4.69) is 10.1 Å². The molecule has 0 spiro atoms. The number of carbonyl (C=O) groups excluding carboxylic acids is 1. The van der Waals surface area contributed by atoms with Gasteiger partial charge in [0.25, 0.3) is 15.9 Å². The van der Waals surface area contributed by atoms with Crippen molar-refractivity contribution in [2.45, 2.75) is 24.5 Å². The van der Waals surface area contributed by atoms with Crippen LogP contribution in [-0.2, 0) is 22.7 Å². The summed E-state index contributed by atoms with van der Waals surface area (Å²) in [6, 6.07) is 2.50. The summed E-state index contributed by atoms with van der Waals surface area (Å²) in [5, 5.41) is 3.13. The minimum Gasteiger partial charge on any atom is -0.294 e. The van der Waals surface area contributed by atoms with Gasteiger partial charge in [-0.25, -0.2) is 18.1 Å². The molecule has 0 aliphatic rings. The lowest BCUT2D eigenvalue weighted by molar-refractivity contribution is -0.142. The van der Waals surface area contributed by atoms with E-state index in [-0.39, 0.29) is 17.2 Å². The van der Waals surface area contributed by atoms with Gasteiger partial charge in [0, 0.05) is 18.9 Å². The maximum Gasteiger partial charge on any atom is 0.434 e. The first-order valence-electron chi connectivity index (χ1n) is 7.49. The largest absolute Gasteiger partial charge is 0.434 e. The van der Waals surface area contributed by atoms with Crippen LogP contribution in [0.5, 0.6) is 0 Å². The summed E-state index contributed by atoms with van der Waals surface area (Å²) in [5.41, 5.74) is -2.97. The number of aromatic nitrogens is 4. The number of sulfonamides is 1. The average molecular weight is 456 g/mol. The Kier molecular flexibility index (Phi) is 5.06. The molecule has 0 unspecified atom stereocenters. The molecule has 0 saturated carbocycles. The molecule has 14 heteroatoms. The fraction of sp³-hybridized carbons (Fsp3) is 0.214. The number of hydrogen-bond acceptors (Lipinski definition) is 5. The number of hydrogen-bond donors (Lipinski definition) is 1. The molecule has 1 amide bonds. The third kappa shape index (κ3) is 3.54. The quantitative estimate of drug-likeness (QED) is 0.651. The molecular formula is C14H10Cl2F3N5O3S. The smallest absolute Gasteiger partial charge is 0.294 e. The number of aryl methyl sites for hydroxylation is 1. The minimum absolute atomic E-state index is 0.151. The Labute approximate surface area is 165 Å². The molecule has 0 aromatic carbocycles. The lowest BCUT2D eigenvalue weighted by Gasteiger charge is -2.09. The van der Waals surface area contributed by atoms with Crippen LogP contribution in [0.25, 0.3) is 5.65 Å². The molecule has 0 fully saturated rings. The van der Waals surface area contributed by atoms with Crippen LogP contribution in [0.2, 0.25) is 10.2 Å². The first-order valence-corrected chi connectivity index (χ1v) is 9.73. The summed E-state index contributed by atoms with van der Waals surface area (Å²) in [7, 11) is -4.60. The molecule has 0 aliphatic carbocycles. The van der Waals surface area contributed by atoms with Crippen LogP contribution in [-0.4, -0.2) is 33.5 Å². The zero-order valence-corrected chi connectivity index (χ0v) is 16.2. The topological polar surface area (TPSA) is 98.4 Å². The van der Waals surface area contributed by atoms with E-state index in [1.807, 2.05) is 0 Å². The van der Waals surface area contributed by atoms with Crippen LogP contribution in [0.3, 0.4) is 0 Å². The minimum atomic E-state index is -5.01. The van der Waals surface area contributed by atoms with Crippen molar-refractivity contribution in [3.05, 3.63) is 46.1 Å². The Morgan fingerprint density at radius 1 is 1.32 bits per heavy atom. The second kappa shape index (κ2) is 6.94. The van der Waals surface area contributed by atoms with Crippen LogP contribution in [0.15, 0.2) is 29.4 Å². The van der Waals surface area contributed by atoms with Crippen molar-refractivity contribution in [3.8, 4) is 0 Å². The molecule has 28 heavy (non-hydrogen) atoms. The SMILES string of the molecule is CCn1cc(S(=O)(=O)NC(=O)c2nc3c(Cl)cccn3c2C(F)(F)F)c(Cl)n1. The molecule has 0 saturated heterocycles. The van der Waals surface area contributed by atoms with Crippen molar-refractivity contribution in [1.82, 2.24) is 23.9 Å². The molecule has 3 heterocycles. The van der Waals surface area contributed by atoms with Gasteiger partial charge in [-0.3, -0.25) is 13.9 Å². The zero-order valence-electron chi connectivity index (χ0n) is 13.8. The summed E-state index contributed by atoms with van der Waals surface area (Å²) < 4.78 is 68.6. The Hall–Kier alpha value is -2.31. The van der Waals surface area contributed by atoms with E-state index in [9.17, 15) is 26.4 Å². The maximum atomic E-state index is 13.5. The predicted molar refractivity (Wildman–Crippen MR) is 92.8 cm³/mol. The second-order valence-corrected chi connectivity index (χ2v) is 7.85. The number of pyridine rings is 1. The van der Waals surface area contributed by atoms with E-state index in [0.29, 0.717) is 4.40 Å². The number of alkyl halides is 3. The van der Waals surface area contributed by atoms with Gasteiger partial charge in [-0.05, 0) is 19.1 Å². The summed E-state index contributed by atoms with van der Waals surface area (Å²) in [6.07, 6.45) is -2.96. The molecule has 3 rings (SSSR count). The number of amides is 1. The third-order valence-corrected chi connectivity index (χ3v) is 5.63. The highest BCUT2D eigenvalue weighted by atomic mass is 35.5. The number of rotatable bonds is 4. The van der Waals surface area contributed by atoms with Gasteiger partial charge in [0.05, 0.1) is 5.02 Å². The molecule has 150 valence electrons. The summed E-state index contributed by atoms with van der Waals surface area (Å²) in [5.74, 6) is -1.59. The highest BCUT2D eigenvalue weighted by molar-refractivity contribution is 7.90. The number of fused-ring (bicyclic) bond motifs is 1. The Bertz CT molecular complexity index is 1190. The van der Waals surface area contributed by atoms with Crippen LogP contribution >= 0.6 is 23.2 Å². The van der Waals surface area contributed by atoms with E-state index in [0.717, 1.165) is 12.4 Å². The Morgan fingerprint density at radius 3 is 2.57 bits per heavy atom. The van der Waals surface area contributed by atoms with Crippen LogP contribution in [0.4, 0.5) is 13.2 Å². The molecule has 0 atom stereocenters. The number of halogens is 5. The summed E-state index contributed by atoms with van der Waals surface area (Å²) >= 11 is 11.6. The number of nitrogens with one attached hydrogen (secondary N) is 1. The number of imidazole rings is 1. The molecule has 3 aromatic rings. The van der Waals surface area contributed by atoms with E-state index < -0.39 is 43.5 Å². The van der Waals surface area contributed by atoms with Crippen molar-refractivity contribution in [2.24, 2.45) is 0 Å². The summed E-state index contributed by atoms with van der Waals surface area (Å²) in [4.78, 5) is 15.4. The molecule has 0 bridgehead atoms. The van der Waals surface area contributed by atoms with Crippen molar-refractivity contribution >= 4 is 44.8 Å². The number of nitrogens with zero attached hydrogens (tertiary/aromatic N) is 4. The van der Waals surface area contributed by atoms with Gasteiger partial charge in [0.2, 0.25) is 0 Å². The van der Waals surface area contributed by atoms with Crippen LogP contribution in [0.1, 0.15) is 23.1 Å². The van der Waals surface area contributed by atoms with E-state index in [1.54, 1.807) is 6.92 Å². The van der Waals surface area contributed by atoms with Gasteiger partial charge >= 0.3 is 6.18 Å². The zero-order chi connectivity index (χ0) is 20.9. The monoisotopic (exact) mass is 455 g/mol. The highest BCUT2D eigenvalue weighted by Crippen LogP contribution is 2.34. The van der Waals surface area contributed by atoms with Gasteiger partial charge in [0.15, 0.2) is 22.2 Å². The van der Waals surface area contributed by atoms with Crippen LogP contribution in [0, 0.1) is 0 Å². The van der Waals surface area contributed by atoms with Gasteiger partial charge in [-0.2, -0.15) is 18.3 Å². The maximum absolute atomic E-state index is 13.5.